The zero-order valence-corrected chi connectivity index (χ0v) is 15.3. The SMILES string of the molecule is Oc1c(C(c2ccc(Cl)cc2Cl)N2CCCC2)ccc2ccccc12. The molecule has 0 aromatic heterocycles. The van der Waals surface area contributed by atoms with Crippen LogP contribution in [0.4, 0.5) is 0 Å². The number of halogens is 2. The molecule has 3 aromatic carbocycles. The van der Waals surface area contributed by atoms with Gasteiger partial charge in [0.25, 0.3) is 0 Å². The van der Waals surface area contributed by atoms with Crippen molar-refractivity contribution in [1.29, 1.82) is 0 Å². The van der Waals surface area contributed by atoms with Crippen LogP contribution in [0.15, 0.2) is 54.6 Å². The molecule has 1 aliphatic rings. The number of rotatable bonds is 3. The molecule has 1 heterocycles. The van der Waals surface area contributed by atoms with E-state index in [0.717, 1.165) is 47.8 Å². The van der Waals surface area contributed by atoms with E-state index in [4.69, 9.17) is 23.2 Å². The number of hydrogen-bond acceptors (Lipinski definition) is 2. The van der Waals surface area contributed by atoms with Gasteiger partial charge in [0.2, 0.25) is 0 Å². The van der Waals surface area contributed by atoms with Crippen molar-refractivity contribution in [3.63, 3.8) is 0 Å². The standard InChI is InChI=1S/C21H19Cl2NO/c22-15-8-10-17(19(23)13-15)20(24-11-3-4-12-24)18-9-7-14-5-1-2-6-16(14)21(18)25/h1-2,5-10,13,20,25H,3-4,11-12H2. The third-order valence-electron chi connectivity index (χ3n) is 4.99. The summed E-state index contributed by atoms with van der Waals surface area (Å²) in [5.74, 6) is 0.334. The first-order valence-corrected chi connectivity index (χ1v) is 9.30. The van der Waals surface area contributed by atoms with Crippen LogP contribution < -0.4 is 0 Å². The van der Waals surface area contributed by atoms with Crippen molar-refractivity contribution in [2.45, 2.75) is 18.9 Å². The molecule has 0 aliphatic carbocycles. The first kappa shape index (κ1) is 16.7. The van der Waals surface area contributed by atoms with E-state index in [1.54, 1.807) is 6.07 Å². The van der Waals surface area contributed by atoms with Crippen LogP contribution in [0, 0.1) is 0 Å². The molecule has 4 heteroatoms. The summed E-state index contributed by atoms with van der Waals surface area (Å²) in [6.45, 7) is 1.99. The average molecular weight is 372 g/mol. The molecule has 128 valence electrons. The van der Waals surface area contributed by atoms with Gasteiger partial charge in [-0.1, -0.05) is 65.7 Å². The summed E-state index contributed by atoms with van der Waals surface area (Å²) >= 11 is 12.6. The largest absolute Gasteiger partial charge is 0.507 e. The average Bonchev–Trinajstić information content (AvgIpc) is 3.13. The highest BCUT2D eigenvalue weighted by molar-refractivity contribution is 6.35. The van der Waals surface area contributed by atoms with Crippen LogP contribution >= 0.6 is 23.2 Å². The second-order valence-electron chi connectivity index (χ2n) is 6.54. The van der Waals surface area contributed by atoms with E-state index < -0.39 is 0 Å². The Morgan fingerprint density at radius 1 is 0.880 bits per heavy atom. The molecular weight excluding hydrogens is 353 g/mol. The smallest absolute Gasteiger partial charge is 0.128 e. The molecule has 0 radical (unpaired) electrons. The molecule has 1 fully saturated rings. The van der Waals surface area contributed by atoms with Gasteiger partial charge >= 0.3 is 0 Å². The predicted octanol–water partition coefficient (Wildman–Crippen LogP) is 6.04. The molecule has 0 amide bonds. The van der Waals surface area contributed by atoms with Crippen molar-refractivity contribution < 1.29 is 5.11 Å². The first-order valence-electron chi connectivity index (χ1n) is 8.55. The number of benzene rings is 3. The Kier molecular flexibility index (Phi) is 4.60. The highest BCUT2D eigenvalue weighted by Crippen LogP contribution is 2.42. The zero-order valence-electron chi connectivity index (χ0n) is 13.8. The number of fused-ring (bicyclic) bond motifs is 1. The first-order chi connectivity index (χ1) is 12.1. The second-order valence-corrected chi connectivity index (χ2v) is 7.38. The summed E-state index contributed by atoms with van der Waals surface area (Å²) in [4.78, 5) is 2.39. The van der Waals surface area contributed by atoms with Crippen molar-refractivity contribution in [1.82, 2.24) is 4.90 Å². The number of aromatic hydroxyl groups is 1. The minimum Gasteiger partial charge on any atom is -0.507 e. The number of nitrogens with zero attached hydrogens (tertiary/aromatic N) is 1. The van der Waals surface area contributed by atoms with E-state index in [1.165, 1.54) is 0 Å². The van der Waals surface area contributed by atoms with Crippen LogP contribution in [0.3, 0.4) is 0 Å². The molecule has 2 nitrogen and oxygen atoms in total. The van der Waals surface area contributed by atoms with Crippen molar-refractivity contribution in [2.75, 3.05) is 13.1 Å². The van der Waals surface area contributed by atoms with Crippen LogP contribution in [0.2, 0.25) is 10.0 Å². The molecule has 1 aliphatic heterocycles. The lowest BCUT2D eigenvalue weighted by atomic mass is 9.93. The van der Waals surface area contributed by atoms with Crippen LogP contribution in [0.1, 0.15) is 30.0 Å². The van der Waals surface area contributed by atoms with Crippen LogP contribution in [-0.2, 0) is 0 Å². The maximum Gasteiger partial charge on any atom is 0.128 e. The van der Waals surface area contributed by atoms with E-state index in [0.29, 0.717) is 15.8 Å². The van der Waals surface area contributed by atoms with Crippen molar-refractivity contribution >= 4 is 34.0 Å². The number of phenolic OH excluding ortho intramolecular Hbond substituents is 1. The minimum atomic E-state index is -0.0723. The molecule has 0 bridgehead atoms. The van der Waals surface area contributed by atoms with Crippen LogP contribution in [0.5, 0.6) is 5.75 Å². The van der Waals surface area contributed by atoms with E-state index in [2.05, 4.69) is 11.0 Å². The van der Waals surface area contributed by atoms with Crippen LogP contribution in [0.25, 0.3) is 10.8 Å². The summed E-state index contributed by atoms with van der Waals surface area (Å²) in [5, 5.41) is 14.2. The molecular formula is C21H19Cl2NO. The van der Waals surface area contributed by atoms with Crippen molar-refractivity contribution in [3.05, 3.63) is 75.8 Å². The summed E-state index contributed by atoms with van der Waals surface area (Å²) in [6.07, 6.45) is 2.33. The molecule has 25 heavy (non-hydrogen) atoms. The Labute approximate surface area is 157 Å². The van der Waals surface area contributed by atoms with E-state index in [-0.39, 0.29) is 6.04 Å². The van der Waals surface area contributed by atoms with E-state index >= 15 is 0 Å². The highest BCUT2D eigenvalue weighted by atomic mass is 35.5. The fraction of sp³-hybridized carbons (Fsp3) is 0.238. The van der Waals surface area contributed by atoms with Gasteiger partial charge in [0.1, 0.15) is 5.75 Å². The lowest BCUT2D eigenvalue weighted by molar-refractivity contribution is 0.276. The molecule has 1 saturated heterocycles. The molecule has 0 spiro atoms. The van der Waals surface area contributed by atoms with Crippen molar-refractivity contribution in [3.8, 4) is 5.75 Å². The lowest BCUT2D eigenvalue weighted by Crippen LogP contribution is -2.27. The lowest BCUT2D eigenvalue weighted by Gasteiger charge is -2.30. The maximum absolute atomic E-state index is 11.0. The second kappa shape index (κ2) is 6.87. The summed E-state index contributed by atoms with van der Waals surface area (Å²) < 4.78 is 0. The Morgan fingerprint density at radius 2 is 1.60 bits per heavy atom. The molecule has 1 atom stereocenters. The van der Waals surface area contributed by atoms with Gasteiger partial charge in [0.05, 0.1) is 6.04 Å². The molecule has 1 N–H and O–H groups in total. The molecule has 0 saturated carbocycles. The van der Waals surface area contributed by atoms with Gasteiger partial charge < -0.3 is 5.11 Å². The Balaban J connectivity index is 1.90. The topological polar surface area (TPSA) is 23.5 Å². The van der Waals surface area contributed by atoms with Gasteiger partial charge in [-0.3, -0.25) is 4.90 Å². The van der Waals surface area contributed by atoms with Gasteiger partial charge in [0.15, 0.2) is 0 Å². The van der Waals surface area contributed by atoms with Crippen LogP contribution in [-0.4, -0.2) is 23.1 Å². The highest BCUT2D eigenvalue weighted by Gasteiger charge is 2.29. The fourth-order valence-corrected chi connectivity index (χ4v) is 4.29. The number of hydrogen-bond donors (Lipinski definition) is 1. The van der Waals surface area contributed by atoms with Gasteiger partial charge in [-0.05, 0) is 49.0 Å². The van der Waals surface area contributed by atoms with Gasteiger partial charge in [-0.2, -0.15) is 0 Å². The van der Waals surface area contributed by atoms with Gasteiger partial charge in [0, 0.05) is 21.0 Å². The zero-order chi connectivity index (χ0) is 17.4. The monoisotopic (exact) mass is 371 g/mol. The molecule has 3 aromatic rings. The summed E-state index contributed by atoms with van der Waals surface area (Å²) in [7, 11) is 0. The number of likely N-dealkylation sites (tertiary alicyclic amines) is 1. The summed E-state index contributed by atoms with van der Waals surface area (Å²) in [5.41, 5.74) is 1.88. The minimum absolute atomic E-state index is 0.0723. The quantitative estimate of drug-likeness (QED) is 0.606. The van der Waals surface area contributed by atoms with E-state index in [9.17, 15) is 5.11 Å². The third kappa shape index (κ3) is 3.10. The Bertz CT molecular complexity index is 919. The fourth-order valence-electron chi connectivity index (χ4n) is 3.78. The van der Waals surface area contributed by atoms with Gasteiger partial charge in [-0.15, -0.1) is 0 Å². The van der Waals surface area contributed by atoms with E-state index in [1.807, 2.05) is 42.5 Å². The van der Waals surface area contributed by atoms with Gasteiger partial charge in [-0.25, -0.2) is 0 Å². The molecule has 1 unspecified atom stereocenters. The number of phenols is 1. The normalized spacial score (nSPS) is 16.4. The Hall–Kier alpha value is -1.74. The molecule has 4 rings (SSSR count). The van der Waals surface area contributed by atoms with Crippen molar-refractivity contribution in [2.24, 2.45) is 0 Å². The third-order valence-corrected chi connectivity index (χ3v) is 5.55. The maximum atomic E-state index is 11.0. The predicted molar refractivity (Wildman–Crippen MR) is 105 cm³/mol. The summed E-state index contributed by atoms with van der Waals surface area (Å²) in [6, 6.07) is 17.5. The Morgan fingerprint density at radius 3 is 2.36 bits per heavy atom.